The second kappa shape index (κ2) is 7.81. The summed E-state index contributed by atoms with van der Waals surface area (Å²) in [4.78, 5) is 25.0. The van der Waals surface area contributed by atoms with Crippen LogP contribution in [0.25, 0.3) is 10.2 Å². The minimum absolute atomic E-state index is 0.0752. The van der Waals surface area contributed by atoms with E-state index in [-0.39, 0.29) is 17.8 Å². The summed E-state index contributed by atoms with van der Waals surface area (Å²) in [5, 5.41) is 7.14. The number of pyridine rings is 2. The van der Waals surface area contributed by atoms with Crippen LogP contribution in [-0.4, -0.2) is 48.1 Å². The molecule has 0 radical (unpaired) electrons. The minimum atomic E-state index is -0.289. The molecule has 1 fully saturated rings. The van der Waals surface area contributed by atoms with E-state index in [2.05, 4.69) is 20.6 Å². The zero-order chi connectivity index (χ0) is 20.7. The Morgan fingerprint density at radius 3 is 3.00 bits per heavy atom. The first kappa shape index (κ1) is 19.2. The third kappa shape index (κ3) is 3.48. The van der Waals surface area contributed by atoms with Crippen molar-refractivity contribution in [1.82, 2.24) is 20.6 Å². The third-order valence-electron chi connectivity index (χ3n) is 5.78. The van der Waals surface area contributed by atoms with Crippen LogP contribution in [0.5, 0.6) is 0 Å². The van der Waals surface area contributed by atoms with Crippen molar-refractivity contribution in [2.24, 2.45) is 0 Å². The Kier molecular flexibility index (Phi) is 5.00. The fraction of sp³-hybridized carbons (Fsp3) is 0.381. The zero-order valence-corrected chi connectivity index (χ0v) is 17.3. The molecule has 9 heteroatoms. The number of piperazine rings is 1. The average molecular weight is 427 g/mol. The molecule has 4 heterocycles. The Morgan fingerprint density at radius 1 is 1.37 bits per heavy atom. The molecule has 3 aromatic heterocycles. The van der Waals surface area contributed by atoms with E-state index in [1.165, 1.54) is 11.3 Å². The van der Waals surface area contributed by atoms with Gasteiger partial charge in [0.15, 0.2) is 11.6 Å². The highest BCUT2D eigenvalue weighted by molar-refractivity contribution is 7.21. The lowest BCUT2D eigenvalue weighted by Gasteiger charge is -2.31. The van der Waals surface area contributed by atoms with E-state index in [9.17, 15) is 9.18 Å². The molecule has 0 saturated carbocycles. The molecule has 1 amide bonds. The molecule has 0 unspecified atom stereocenters. The van der Waals surface area contributed by atoms with Crippen LogP contribution >= 0.6 is 11.3 Å². The molecule has 30 heavy (non-hydrogen) atoms. The molecule has 4 N–H and O–H groups in total. The highest BCUT2D eigenvalue weighted by Gasteiger charge is 2.26. The maximum absolute atomic E-state index is 14.8. The first-order valence-electron chi connectivity index (χ1n) is 10.2. The van der Waals surface area contributed by atoms with E-state index in [1.807, 2.05) is 11.0 Å². The molecule has 156 valence electrons. The van der Waals surface area contributed by atoms with Gasteiger partial charge < -0.3 is 21.3 Å². The molecule has 3 aromatic rings. The Balaban J connectivity index is 1.32. The van der Waals surface area contributed by atoms with E-state index in [4.69, 9.17) is 5.73 Å². The number of amides is 1. The van der Waals surface area contributed by atoms with Crippen LogP contribution in [0.3, 0.4) is 0 Å². The Morgan fingerprint density at radius 2 is 2.20 bits per heavy atom. The van der Waals surface area contributed by atoms with Crippen LogP contribution in [-0.2, 0) is 12.8 Å². The number of thiophene rings is 1. The van der Waals surface area contributed by atoms with Crippen LogP contribution < -0.4 is 21.3 Å². The number of rotatable bonds is 3. The van der Waals surface area contributed by atoms with Gasteiger partial charge in [-0.1, -0.05) is 0 Å². The van der Waals surface area contributed by atoms with Crippen LogP contribution in [0.4, 0.5) is 15.9 Å². The number of fused-ring (bicyclic) bond motifs is 2. The number of hydrogen-bond donors (Lipinski definition) is 3. The van der Waals surface area contributed by atoms with E-state index in [0.717, 1.165) is 54.1 Å². The van der Waals surface area contributed by atoms with E-state index in [1.54, 1.807) is 18.3 Å². The molecule has 1 aliphatic heterocycles. The number of nitrogens with zero attached hydrogens (tertiary/aromatic N) is 3. The largest absolute Gasteiger partial charge is 0.397 e. The molecular weight excluding hydrogens is 403 g/mol. The maximum atomic E-state index is 14.8. The summed E-state index contributed by atoms with van der Waals surface area (Å²) in [6.07, 6.45) is 3.73. The van der Waals surface area contributed by atoms with Crippen molar-refractivity contribution < 1.29 is 9.18 Å². The van der Waals surface area contributed by atoms with Gasteiger partial charge in [-0.2, -0.15) is 0 Å². The van der Waals surface area contributed by atoms with E-state index >= 15 is 0 Å². The molecule has 0 spiro atoms. The summed E-state index contributed by atoms with van der Waals surface area (Å²) in [5.41, 5.74) is 8.43. The van der Waals surface area contributed by atoms with Crippen molar-refractivity contribution >= 4 is 39.0 Å². The molecular formula is C21H23FN6OS. The Bertz CT molecular complexity index is 1110. The van der Waals surface area contributed by atoms with Gasteiger partial charge in [-0.3, -0.25) is 4.79 Å². The van der Waals surface area contributed by atoms with Gasteiger partial charge >= 0.3 is 0 Å². The summed E-state index contributed by atoms with van der Waals surface area (Å²) < 4.78 is 14.8. The highest BCUT2D eigenvalue weighted by atomic mass is 32.1. The number of nitrogens with one attached hydrogen (secondary N) is 2. The lowest BCUT2D eigenvalue weighted by molar-refractivity contribution is 0.0938. The second-order valence-electron chi connectivity index (χ2n) is 7.75. The van der Waals surface area contributed by atoms with Crippen LogP contribution in [0.2, 0.25) is 0 Å². The van der Waals surface area contributed by atoms with Crippen molar-refractivity contribution in [2.45, 2.75) is 25.3 Å². The fourth-order valence-electron chi connectivity index (χ4n) is 4.22. The number of carbonyl (C=O) groups is 1. The van der Waals surface area contributed by atoms with Crippen molar-refractivity contribution in [3.63, 3.8) is 0 Å². The number of halogens is 1. The van der Waals surface area contributed by atoms with Crippen molar-refractivity contribution in [3.8, 4) is 0 Å². The third-order valence-corrected chi connectivity index (χ3v) is 6.91. The number of anilines is 2. The Hall–Kier alpha value is -2.78. The van der Waals surface area contributed by atoms with Gasteiger partial charge in [0.05, 0.1) is 5.69 Å². The number of aryl methyl sites for hydroxylation is 1. The van der Waals surface area contributed by atoms with Gasteiger partial charge in [0.1, 0.15) is 9.71 Å². The molecule has 1 saturated heterocycles. The fourth-order valence-corrected chi connectivity index (χ4v) is 5.18. The van der Waals surface area contributed by atoms with E-state index in [0.29, 0.717) is 29.2 Å². The summed E-state index contributed by atoms with van der Waals surface area (Å²) in [7, 11) is 0. The maximum Gasteiger partial charge on any atom is 0.263 e. The molecule has 1 aliphatic carbocycles. The van der Waals surface area contributed by atoms with Gasteiger partial charge in [-0.05, 0) is 43.0 Å². The van der Waals surface area contributed by atoms with Crippen LogP contribution in [0.15, 0.2) is 24.4 Å². The number of nitrogen functional groups attached to an aromatic ring is 1. The molecule has 2 aliphatic rings. The van der Waals surface area contributed by atoms with Crippen molar-refractivity contribution in [1.29, 1.82) is 0 Å². The van der Waals surface area contributed by atoms with E-state index < -0.39 is 0 Å². The lowest BCUT2D eigenvalue weighted by Crippen LogP contribution is -2.44. The number of nitrogens with two attached hydrogens (primary N) is 1. The summed E-state index contributed by atoms with van der Waals surface area (Å²) in [5.74, 6) is -0.0412. The van der Waals surface area contributed by atoms with Gasteiger partial charge in [0, 0.05) is 49.5 Å². The smallest absolute Gasteiger partial charge is 0.263 e. The Labute approximate surface area is 177 Å². The van der Waals surface area contributed by atoms with Gasteiger partial charge in [0.25, 0.3) is 5.91 Å². The lowest BCUT2D eigenvalue weighted by atomic mass is 9.91. The average Bonchev–Trinajstić information content (AvgIpc) is 3.11. The normalized spacial score (nSPS) is 19.0. The highest BCUT2D eigenvalue weighted by Crippen LogP contribution is 2.32. The summed E-state index contributed by atoms with van der Waals surface area (Å²) in [6, 6.07) is 5.19. The van der Waals surface area contributed by atoms with Crippen LogP contribution in [0.1, 0.15) is 27.3 Å². The van der Waals surface area contributed by atoms with Crippen LogP contribution in [0, 0.1) is 5.82 Å². The van der Waals surface area contributed by atoms with Crippen molar-refractivity contribution in [3.05, 3.63) is 46.3 Å². The summed E-state index contributed by atoms with van der Waals surface area (Å²) >= 11 is 1.30. The van der Waals surface area contributed by atoms with Crippen molar-refractivity contribution in [2.75, 3.05) is 36.8 Å². The minimum Gasteiger partial charge on any atom is -0.397 e. The quantitative estimate of drug-likeness (QED) is 0.594. The molecule has 7 nitrogen and oxygen atoms in total. The molecule has 0 bridgehead atoms. The first-order chi connectivity index (χ1) is 14.6. The number of carbonyl (C=O) groups excluding carboxylic acids is 1. The molecule has 1 atom stereocenters. The van der Waals surface area contributed by atoms with Gasteiger partial charge in [0.2, 0.25) is 0 Å². The zero-order valence-electron chi connectivity index (χ0n) is 16.4. The molecule has 5 rings (SSSR count). The van der Waals surface area contributed by atoms with Gasteiger partial charge in [-0.15, -0.1) is 11.3 Å². The second-order valence-corrected chi connectivity index (χ2v) is 8.75. The predicted octanol–water partition coefficient (Wildman–Crippen LogP) is 2.11. The SMILES string of the molecule is Nc1c(C(=O)N[C@H]2CCc3nc(N4CCNCC4)c(F)cc3C2)sc2ncccc12. The predicted molar refractivity (Wildman–Crippen MR) is 117 cm³/mol. The summed E-state index contributed by atoms with van der Waals surface area (Å²) in [6.45, 7) is 3.19. The number of aromatic nitrogens is 2. The number of hydrogen-bond acceptors (Lipinski definition) is 7. The first-order valence-corrected chi connectivity index (χ1v) is 11.0. The molecule has 0 aromatic carbocycles. The van der Waals surface area contributed by atoms with Gasteiger partial charge in [-0.25, -0.2) is 14.4 Å². The standard InChI is InChI=1S/C21H23FN6OS/c22-15-11-12-10-13(3-4-16(12)27-19(15)28-8-6-24-7-9-28)26-20(29)18-17(23)14-2-1-5-25-21(14)30-18/h1-2,5,11,13,24H,3-4,6-10,23H2,(H,26,29)/t13-/m0/s1. The topological polar surface area (TPSA) is 96.2 Å². The monoisotopic (exact) mass is 426 g/mol.